The minimum absolute atomic E-state index is 0.0101. The Kier molecular flexibility index (Phi) is 4.91. The first kappa shape index (κ1) is 14.4. The average Bonchev–Trinajstić information content (AvgIpc) is 2.26. The fourth-order valence-electron chi connectivity index (χ4n) is 1.32. The lowest BCUT2D eigenvalue weighted by atomic mass is 10.1. The van der Waals surface area contributed by atoms with Crippen molar-refractivity contribution in [2.75, 3.05) is 0 Å². The van der Waals surface area contributed by atoms with Crippen molar-refractivity contribution in [3.8, 4) is 0 Å². The number of hydrogen-bond donors (Lipinski definition) is 6. The molecule has 0 aliphatic carbocycles. The summed E-state index contributed by atoms with van der Waals surface area (Å²) in [5.74, 6) is 0. The Morgan fingerprint density at radius 1 is 0.941 bits per heavy atom. The third kappa shape index (κ3) is 3.17. The zero-order valence-corrected chi connectivity index (χ0v) is 9.89. The summed E-state index contributed by atoms with van der Waals surface area (Å²) in [6, 6.07) is 1.88. The number of alkyl halides is 1. The quantitative estimate of drug-likeness (QED) is 0.275. The maximum atomic E-state index is 10.9. The van der Waals surface area contributed by atoms with E-state index in [1.165, 1.54) is 0 Å². The Morgan fingerprint density at radius 2 is 1.35 bits per heavy atom. The molecule has 9 nitrogen and oxygen atoms in total. The molecular formula is C7H10BrN3O6. The molecule has 3 atom stereocenters. The number of halogens is 1. The molecule has 10 heteroatoms. The van der Waals surface area contributed by atoms with Gasteiger partial charge in [-0.05, 0) is 0 Å². The summed E-state index contributed by atoms with van der Waals surface area (Å²) in [7, 11) is 0. The fraction of sp³-hybridized carbons (Fsp3) is 0.143. The first-order valence-corrected chi connectivity index (χ1v) is 5.43. The molecule has 0 amide bonds. The molecule has 1 aromatic carbocycles. The van der Waals surface area contributed by atoms with Crippen molar-refractivity contribution in [1.29, 1.82) is 0 Å². The standard InChI is InChI=1S/C7H10BrN3O6/c8-3-5-6(10(14)15)1-4(9(12)13)2-7(5)11(16)17/h1-2,9-12,14,16H,3H2. The number of benzene rings is 1. The van der Waals surface area contributed by atoms with Crippen LogP contribution in [0.3, 0.4) is 0 Å². The highest BCUT2D eigenvalue weighted by molar-refractivity contribution is 9.08. The Bertz CT molecular complexity index is 370. The van der Waals surface area contributed by atoms with Gasteiger partial charge in [0.2, 0.25) is 0 Å². The normalized spacial score (nSPS) is 16.6. The predicted octanol–water partition coefficient (Wildman–Crippen LogP) is -2.21. The van der Waals surface area contributed by atoms with Crippen molar-refractivity contribution < 1.29 is 31.3 Å². The Balaban J connectivity index is 3.46. The van der Waals surface area contributed by atoms with Crippen molar-refractivity contribution in [1.82, 2.24) is 0 Å². The first-order valence-electron chi connectivity index (χ1n) is 4.31. The van der Waals surface area contributed by atoms with Gasteiger partial charge in [-0.3, -0.25) is 0 Å². The van der Waals surface area contributed by atoms with Crippen LogP contribution >= 0.6 is 15.9 Å². The molecule has 0 aliphatic rings. The maximum absolute atomic E-state index is 10.9. The van der Waals surface area contributed by atoms with E-state index >= 15 is 0 Å². The van der Waals surface area contributed by atoms with Gasteiger partial charge in [-0.1, -0.05) is 15.9 Å². The van der Waals surface area contributed by atoms with Crippen LogP contribution < -0.4 is 15.7 Å². The van der Waals surface area contributed by atoms with Crippen molar-refractivity contribution in [2.24, 2.45) is 0 Å². The molecule has 0 aliphatic heterocycles. The topological polar surface area (TPSA) is 143 Å². The summed E-state index contributed by atoms with van der Waals surface area (Å²) in [6.07, 6.45) is 0. The smallest absolute Gasteiger partial charge is 0.180 e. The number of nitrogens with one attached hydrogen (secondary N) is 3. The van der Waals surface area contributed by atoms with Crippen LogP contribution in [0.15, 0.2) is 12.1 Å². The molecule has 0 spiro atoms. The zero-order valence-electron chi connectivity index (χ0n) is 8.31. The minimum atomic E-state index is -1.38. The second-order valence-electron chi connectivity index (χ2n) is 3.10. The molecule has 96 valence electrons. The number of rotatable bonds is 4. The summed E-state index contributed by atoms with van der Waals surface area (Å²) in [6.45, 7) is 0. The van der Waals surface area contributed by atoms with E-state index in [1.54, 1.807) is 0 Å². The van der Waals surface area contributed by atoms with Gasteiger partial charge in [-0.15, -0.1) is 0 Å². The second kappa shape index (κ2) is 5.79. The second-order valence-corrected chi connectivity index (χ2v) is 3.66. The maximum Gasteiger partial charge on any atom is 0.180 e. The van der Waals surface area contributed by atoms with Crippen molar-refractivity contribution in [2.45, 2.75) is 5.33 Å². The summed E-state index contributed by atoms with van der Waals surface area (Å²) in [4.78, 5) is 0. The lowest BCUT2D eigenvalue weighted by molar-refractivity contribution is -1.00. The predicted molar refractivity (Wildman–Crippen MR) is 56.4 cm³/mol. The van der Waals surface area contributed by atoms with Gasteiger partial charge in [0, 0.05) is 5.33 Å². The lowest BCUT2D eigenvalue weighted by Crippen LogP contribution is -3.02. The van der Waals surface area contributed by atoms with E-state index in [-0.39, 0.29) is 28.0 Å². The largest absolute Gasteiger partial charge is 0.595 e. The van der Waals surface area contributed by atoms with Gasteiger partial charge < -0.3 is 15.6 Å². The van der Waals surface area contributed by atoms with Crippen molar-refractivity contribution in [3.63, 3.8) is 0 Å². The molecule has 1 aromatic rings. The Hall–Kier alpha value is -0.660. The van der Waals surface area contributed by atoms with Crippen molar-refractivity contribution >= 4 is 33.0 Å². The van der Waals surface area contributed by atoms with Gasteiger partial charge in [0.1, 0.15) is 0 Å². The monoisotopic (exact) mass is 311 g/mol. The number of quaternary nitrogens is 3. The molecule has 3 unspecified atom stereocenters. The average molecular weight is 312 g/mol. The third-order valence-corrected chi connectivity index (χ3v) is 2.65. The molecule has 0 aromatic heterocycles. The van der Waals surface area contributed by atoms with Gasteiger partial charge in [0.05, 0.1) is 17.7 Å². The van der Waals surface area contributed by atoms with E-state index in [0.29, 0.717) is 0 Å². The highest BCUT2D eigenvalue weighted by Gasteiger charge is 2.22. The van der Waals surface area contributed by atoms with Crippen LogP contribution in [0.5, 0.6) is 0 Å². The molecule has 0 heterocycles. The van der Waals surface area contributed by atoms with Crippen molar-refractivity contribution in [3.05, 3.63) is 33.3 Å². The molecule has 0 saturated carbocycles. The van der Waals surface area contributed by atoms with Gasteiger partial charge in [-0.2, -0.15) is 15.7 Å². The van der Waals surface area contributed by atoms with E-state index in [9.17, 15) is 15.6 Å². The summed E-state index contributed by atoms with van der Waals surface area (Å²) >= 11 is 2.98. The van der Waals surface area contributed by atoms with E-state index in [4.69, 9.17) is 15.6 Å². The third-order valence-electron chi connectivity index (χ3n) is 2.09. The Morgan fingerprint density at radius 3 is 1.59 bits per heavy atom. The van der Waals surface area contributed by atoms with Gasteiger partial charge in [0.25, 0.3) is 0 Å². The molecular weight excluding hydrogens is 302 g/mol. The van der Waals surface area contributed by atoms with E-state index in [2.05, 4.69) is 15.9 Å². The SMILES string of the molecule is [O-][NH+](O)c1cc([NH+]([O-])O)c(CBr)c([NH+]([O-])O)c1. The highest BCUT2D eigenvalue weighted by Crippen LogP contribution is 2.25. The summed E-state index contributed by atoms with van der Waals surface area (Å²) in [5, 5.41) is 55.1. The molecule has 0 saturated heterocycles. The van der Waals surface area contributed by atoms with Gasteiger partial charge in [0.15, 0.2) is 17.1 Å². The molecule has 0 fully saturated rings. The van der Waals surface area contributed by atoms with Crippen LogP contribution in [0.1, 0.15) is 5.56 Å². The van der Waals surface area contributed by atoms with Crippen LogP contribution in [0.2, 0.25) is 0 Å². The summed E-state index contributed by atoms with van der Waals surface area (Å²) < 4.78 is 0. The minimum Gasteiger partial charge on any atom is -0.595 e. The zero-order chi connectivity index (χ0) is 13.2. The van der Waals surface area contributed by atoms with Gasteiger partial charge in [-0.25, -0.2) is 15.6 Å². The van der Waals surface area contributed by atoms with Crippen LogP contribution in [0, 0.1) is 15.6 Å². The first-order chi connectivity index (χ1) is 7.88. The van der Waals surface area contributed by atoms with E-state index in [0.717, 1.165) is 12.1 Å². The lowest BCUT2D eigenvalue weighted by Gasteiger charge is -2.22. The van der Waals surface area contributed by atoms with E-state index < -0.39 is 15.7 Å². The Labute approximate surface area is 103 Å². The number of hydrogen-bond acceptors (Lipinski definition) is 6. The van der Waals surface area contributed by atoms with E-state index in [1.807, 2.05) is 0 Å². The van der Waals surface area contributed by atoms with Gasteiger partial charge >= 0.3 is 0 Å². The highest BCUT2D eigenvalue weighted by atomic mass is 79.9. The molecule has 0 bridgehead atoms. The molecule has 6 N–H and O–H groups in total. The van der Waals surface area contributed by atoms with Crippen LogP contribution in [0.25, 0.3) is 0 Å². The van der Waals surface area contributed by atoms with Crippen LogP contribution in [0.4, 0.5) is 17.1 Å². The molecule has 1 rings (SSSR count). The van der Waals surface area contributed by atoms with Crippen LogP contribution in [-0.4, -0.2) is 15.6 Å². The molecule has 0 radical (unpaired) electrons. The summed E-state index contributed by atoms with van der Waals surface area (Å²) in [5.41, 5.74) is -1.00. The fourth-order valence-corrected chi connectivity index (χ4v) is 1.93. The molecule has 17 heavy (non-hydrogen) atoms. The van der Waals surface area contributed by atoms with Crippen LogP contribution in [-0.2, 0) is 5.33 Å².